The van der Waals surface area contributed by atoms with E-state index in [4.69, 9.17) is 4.74 Å². The number of aromatic nitrogens is 2. The maximum atomic E-state index is 14.1. The molecule has 240 valence electrons. The van der Waals surface area contributed by atoms with Crippen LogP contribution in [0.4, 0.5) is 0 Å². The van der Waals surface area contributed by atoms with Crippen LogP contribution in [0.5, 0.6) is 5.75 Å². The zero-order valence-corrected chi connectivity index (χ0v) is 26.5. The predicted molar refractivity (Wildman–Crippen MR) is 175 cm³/mol. The second kappa shape index (κ2) is 14.2. The fourth-order valence-electron chi connectivity index (χ4n) is 6.16. The molecule has 4 heterocycles. The molecule has 0 saturated carbocycles. The van der Waals surface area contributed by atoms with E-state index in [-0.39, 0.29) is 37.0 Å². The molecule has 12 heteroatoms. The van der Waals surface area contributed by atoms with Gasteiger partial charge in [0.05, 0.1) is 23.0 Å². The van der Waals surface area contributed by atoms with E-state index < -0.39 is 29.8 Å². The zero-order valence-electron chi connectivity index (χ0n) is 25.7. The maximum absolute atomic E-state index is 14.1. The second-order valence-electron chi connectivity index (χ2n) is 11.8. The number of carbonyl (C=O) groups excluding carboxylic acids is 4. The van der Waals surface area contributed by atoms with Crippen molar-refractivity contribution in [3.63, 3.8) is 0 Å². The topological polar surface area (TPSA) is 146 Å². The fourth-order valence-corrected chi connectivity index (χ4v) is 6.98. The molecule has 0 radical (unpaired) electrons. The Bertz CT molecular complexity index is 1730. The maximum Gasteiger partial charge on any atom is 0.255 e. The summed E-state index contributed by atoms with van der Waals surface area (Å²) in [6.45, 7) is 3.03. The monoisotopic (exact) mass is 642 g/mol. The smallest absolute Gasteiger partial charge is 0.255 e. The van der Waals surface area contributed by atoms with Gasteiger partial charge < -0.3 is 30.6 Å². The lowest BCUT2D eigenvalue weighted by Gasteiger charge is -2.30. The molecule has 1 fully saturated rings. The van der Waals surface area contributed by atoms with Crippen molar-refractivity contribution in [3.05, 3.63) is 81.9 Å². The Morgan fingerprint density at radius 2 is 1.93 bits per heavy atom. The summed E-state index contributed by atoms with van der Waals surface area (Å²) < 4.78 is 6.15. The average molecular weight is 643 g/mol. The van der Waals surface area contributed by atoms with Crippen molar-refractivity contribution in [3.8, 4) is 5.75 Å². The third kappa shape index (κ3) is 7.23. The molecule has 2 aliphatic rings. The van der Waals surface area contributed by atoms with E-state index in [1.54, 1.807) is 40.5 Å². The molecule has 0 aliphatic carbocycles. The minimum Gasteiger partial charge on any atom is -0.491 e. The molecule has 0 bridgehead atoms. The molecule has 2 aliphatic heterocycles. The fraction of sp³-hybridized carbons (Fsp3) is 0.382. The molecule has 2 aromatic heterocycles. The second-order valence-corrected chi connectivity index (χ2v) is 12.8. The Labute approximate surface area is 271 Å². The third-order valence-electron chi connectivity index (χ3n) is 8.50. The first-order valence-electron chi connectivity index (χ1n) is 15.7. The molecule has 4 N–H and O–H groups in total. The average Bonchev–Trinajstić information content (AvgIpc) is 3.81. The number of benzene rings is 2. The van der Waals surface area contributed by atoms with Gasteiger partial charge in [-0.25, -0.2) is 4.98 Å². The molecule has 1 saturated heterocycles. The highest BCUT2D eigenvalue weighted by atomic mass is 32.1. The first kappa shape index (κ1) is 31.3. The molecule has 0 unspecified atom stereocenters. The number of rotatable bonds is 7. The van der Waals surface area contributed by atoms with Gasteiger partial charge in [-0.2, -0.15) is 0 Å². The number of H-pyrrole nitrogens is 1. The summed E-state index contributed by atoms with van der Waals surface area (Å²) in [6.07, 6.45) is 4.70. The first-order valence-corrected chi connectivity index (χ1v) is 16.6. The highest BCUT2D eigenvalue weighted by molar-refractivity contribution is 7.09. The Morgan fingerprint density at radius 1 is 1.11 bits per heavy atom. The minimum absolute atomic E-state index is 0.197. The minimum atomic E-state index is -1.17. The van der Waals surface area contributed by atoms with Crippen molar-refractivity contribution >= 4 is 45.9 Å². The molecule has 4 aromatic rings. The van der Waals surface area contributed by atoms with Gasteiger partial charge in [-0.05, 0) is 49.9 Å². The highest BCUT2D eigenvalue weighted by Gasteiger charge is 2.36. The van der Waals surface area contributed by atoms with Gasteiger partial charge in [0, 0.05) is 54.1 Å². The summed E-state index contributed by atoms with van der Waals surface area (Å²) in [7, 11) is 0. The van der Waals surface area contributed by atoms with E-state index in [2.05, 4.69) is 25.9 Å². The molecular formula is C34H38N6O5S. The molecule has 4 amide bonds. The summed E-state index contributed by atoms with van der Waals surface area (Å²) >= 11 is 1.58. The highest BCUT2D eigenvalue weighted by Crippen LogP contribution is 2.25. The van der Waals surface area contributed by atoms with E-state index in [0.717, 1.165) is 40.0 Å². The van der Waals surface area contributed by atoms with E-state index in [0.29, 0.717) is 31.7 Å². The largest absolute Gasteiger partial charge is 0.491 e. The van der Waals surface area contributed by atoms with Gasteiger partial charge in [-0.1, -0.05) is 30.3 Å². The number of hydrogen-bond donors (Lipinski definition) is 4. The standard InChI is InChI=1S/C34H38N6O5S/c1-21-20-46-31(37-21)13-6-14-35-33(43)27-17-30(41)38-28(16-22-18-36-26-11-4-2-9-24(22)26)34(44)40-15-7-8-23(40)19-45-29-12-5-3-10-25(29)32(42)39-27/h2-5,9-12,18,20,23,27-28,36H,6-8,13-17,19H2,1H3,(H,35,43)(H,38,41)(H,39,42)/t23-,27+,28+/m1/s1. The number of nitrogens with one attached hydrogen (secondary N) is 4. The number of fused-ring (bicyclic) bond motifs is 3. The third-order valence-corrected chi connectivity index (χ3v) is 9.53. The van der Waals surface area contributed by atoms with Crippen LogP contribution < -0.4 is 20.7 Å². The van der Waals surface area contributed by atoms with Crippen molar-refractivity contribution < 1.29 is 23.9 Å². The van der Waals surface area contributed by atoms with E-state index in [9.17, 15) is 19.2 Å². The summed E-state index contributed by atoms with van der Waals surface area (Å²) in [5.41, 5.74) is 3.05. The number of ether oxygens (including phenoxy) is 1. The van der Waals surface area contributed by atoms with Crippen molar-refractivity contribution in [2.45, 2.75) is 63.6 Å². The van der Waals surface area contributed by atoms with Gasteiger partial charge in [0.1, 0.15) is 24.4 Å². The number of hydrogen-bond acceptors (Lipinski definition) is 7. The van der Waals surface area contributed by atoms with Gasteiger partial charge in [0.15, 0.2) is 0 Å². The summed E-state index contributed by atoms with van der Waals surface area (Å²) in [5.74, 6) is -1.35. The summed E-state index contributed by atoms with van der Waals surface area (Å²) in [6, 6.07) is 12.4. The number of carbonyl (C=O) groups is 4. The summed E-state index contributed by atoms with van der Waals surface area (Å²) in [5, 5.41) is 12.5. The first-order chi connectivity index (χ1) is 22.4. The Balaban J connectivity index is 1.24. The molecule has 2 aromatic carbocycles. The molecule has 11 nitrogen and oxygen atoms in total. The van der Waals surface area contributed by atoms with Crippen LogP contribution in [0.2, 0.25) is 0 Å². The SMILES string of the molecule is Cc1csc(CCCNC(=O)[C@@H]2CC(=O)N[C@@H](Cc3c[nH]c4ccccc34)C(=O)N3CCC[C@@H]3COc3ccccc3C(=O)N2)n1. The van der Waals surface area contributed by atoms with Gasteiger partial charge in [-0.3, -0.25) is 19.2 Å². The van der Waals surface area contributed by atoms with Crippen LogP contribution in [0.1, 0.15) is 52.3 Å². The van der Waals surface area contributed by atoms with Crippen molar-refractivity contribution in [2.24, 2.45) is 0 Å². The van der Waals surface area contributed by atoms with Crippen LogP contribution in [0.15, 0.2) is 60.1 Å². The van der Waals surface area contributed by atoms with Gasteiger partial charge in [0.2, 0.25) is 17.7 Å². The van der Waals surface area contributed by atoms with E-state index in [1.807, 2.05) is 42.8 Å². The number of nitrogens with zero attached hydrogens (tertiary/aromatic N) is 2. The van der Waals surface area contributed by atoms with Crippen LogP contribution in [-0.4, -0.2) is 76.3 Å². The van der Waals surface area contributed by atoms with Crippen molar-refractivity contribution in [1.29, 1.82) is 0 Å². The van der Waals surface area contributed by atoms with Crippen molar-refractivity contribution in [1.82, 2.24) is 30.8 Å². The van der Waals surface area contributed by atoms with Gasteiger partial charge in [-0.15, -0.1) is 11.3 Å². The predicted octanol–water partition coefficient (Wildman–Crippen LogP) is 3.28. The zero-order chi connectivity index (χ0) is 32.0. The van der Waals surface area contributed by atoms with Crippen LogP contribution in [0, 0.1) is 6.92 Å². The van der Waals surface area contributed by atoms with E-state index >= 15 is 0 Å². The molecule has 3 atom stereocenters. The van der Waals surface area contributed by atoms with Crippen LogP contribution in [0.3, 0.4) is 0 Å². The number of para-hydroxylation sites is 2. The summed E-state index contributed by atoms with van der Waals surface area (Å²) in [4.78, 5) is 64.2. The normalized spacial score (nSPS) is 20.7. The van der Waals surface area contributed by atoms with Gasteiger partial charge >= 0.3 is 0 Å². The number of aryl methyl sites for hydroxylation is 2. The Hall–Kier alpha value is -4.71. The Morgan fingerprint density at radius 3 is 2.78 bits per heavy atom. The van der Waals surface area contributed by atoms with Crippen LogP contribution >= 0.6 is 11.3 Å². The quantitative estimate of drug-likeness (QED) is 0.228. The molecular weight excluding hydrogens is 604 g/mol. The van der Waals surface area contributed by atoms with E-state index in [1.165, 1.54) is 0 Å². The molecule has 46 heavy (non-hydrogen) atoms. The van der Waals surface area contributed by atoms with Crippen LogP contribution in [-0.2, 0) is 27.2 Å². The van der Waals surface area contributed by atoms with Crippen LogP contribution in [0.25, 0.3) is 10.9 Å². The lowest BCUT2D eigenvalue weighted by molar-refractivity contribution is -0.138. The number of thiazole rings is 1. The van der Waals surface area contributed by atoms with Gasteiger partial charge in [0.25, 0.3) is 5.91 Å². The Kier molecular flexibility index (Phi) is 9.62. The lowest BCUT2D eigenvalue weighted by Crippen LogP contribution is -2.54. The number of aromatic amines is 1. The molecule has 0 spiro atoms. The molecule has 6 rings (SSSR count). The number of amides is 4. The van der Waals surface area contributed by atoms with Crippen molar-refractivity contribution in [2.75, 3.05) is 19.7 Å². The lowest BCUT2D eigenvalue weighted by atomic mass is 10.0.